The minimum Gasteiger partial charge on any atom is -0.294 e. The van der Waals surface area contributed by atoms with Crippen LogP contribution in [-0.2, 0) is 11.2 Å². The SMILES string of the molecule is Cc1cc(/C=N\NC(=O)Cc2ccc(F)cc2)c(C)n1-c1nccs1. The number of carbonyl (C=O) groups excluding carboxylic acids is 1. The van der Waals surface area contributed by atoms with Gasteiger partial charge in [-0.1, -0.05) is 12.1 Å². The number of nitrogens with one attached hydrogen (secondary N) is 1. The molecular formula is C18H17FN4OS. The Balaban J connectivity index is 1.65. The largest absolute Gasteiger partial charge is 0.294 e. The molecule has 0 atom stereocenters. The van der Waals surface area contributed by atoms with E-state index in [0.717, 1.165) is 27.6 Å². The molecule has 0 fully saturated rings. The van der Waals surface area contributed by atoms with E-state index in [1.165, 1.54) is 12.1 Å². The summed E-state index contributed by atoms with van der Waals surface area (Å²) >= 11 is 1.56. The average molecular weight is 356 g/mol. The number of amides is 1. The maximum absolute atomic E-state index is 12.9. The minimum absolute atomic E-state index is 0.149. The fourth-order valence-corrected chi connectivity index (χ4v) is 3.29. The second-order valence-corrected chi connectivity index (χ2v) is 6.45. The molecule has 0 radical (unpaired) electrons. The summed E-state index contributed by atoms with van der Waals surface area (Å²) in [6.07, 6.45) is 3.53. The Kier molecular flexibility index (Phi) is 5.04. The third kappa shape index (κ3) is 4.00. The number of aromatic nitrogens is 2. The first-order chi connectivity index (χ1) is 12.0. The lowest BCUT2D eigenvalue weighted by Crippen LogP contribution is -2.19. The monoisotopic (exact) mass is 356 g/mol. The first-order valence-corrected chi connectivity index (χ1v) is 8.57. The molecule has 25 heavy (non-hydrogen) atoms. The predicted octanol–water partition coefficient (Wildman–Crippen LogP) is 3.38. The van der Waals surface area contributed by atoms with E-state index in [-0.39, 0.29) is 18.1 Å². The molecule has 0 aliphatic carbocycles. The lowest BCUT2D eigenvalue weighted by molar-refractivity contribution is -0.120. The summed E-state index contributed by atoms with van der Waals surface area (Å²) in [5, 5.41) is 6.85. The van der Waals surface area contributed by atoms with Gasteiger partial charge in [-0.15, -0.1) is 11.3 Å². The number of hydrogen-bond acceptors (Lipinski definition) is 4. The van der Waals surface area contributed by atoms with E-state index in [0.29, 0.717) is 0 Å². The zero-order valence-corrected chi connectivity index (χ0v) is 14.7. The Bertz CT molecular complexity index is 898. The molecule has 2 heterocycles. The molecule has 3 rings (SSSR count). The average Bonchev–Trinajstić information content (AvgIpc) is 3.18. The fourth-order valence-electron chi connectivity index (χ4n) is 2.54. The predicted molar refractivity (Wildman–Crippen MR) is 96.8 cm³/mol. The van der Waals surface area contributed by atoms with Crippen LogP contribution in [0, 0.1) is 19.7 Å². The molecule has 0 spiro atoms. The second kappa shape index (κ2) is 7.40. The van der Waals surface area contributed by atoms with E-state index in [9.17, 15) is 9.18 Å². The van der Waals surface area contributed by atoms with Gasteiger partial charge in [0, 0.05) is 28.5 Å². The number of hydrazone groups is 1. The van der Waals surface area contributed by atoms with Crippen LogP contribution in [0.2, 0.25) is 0 Å². The summed E-state index contributed by atoms with van der Waals surface area (Å²) in [5.74, 6) is -0.575. The van der Waals surface area contributed by atoms with Crippen LogP contribution in [0.25, 0.3) is 5.13 Å². The van der Waals surface area contributed by atoms with Crippen molar-refractivity contribution in [3.63, 3.8) is 0 Å². The Labute approximate surface area is 148 Å². The van der Waals surface area contributed by atoms with Crippen molar-refractivity contribution in [1.29, 1.82) is 0 Å². The zero-order valence-electron chi connectivity index (χ0n) is 13.9. The molecule has 1 amide bonds. The van der Waals surface area contributed by atoms with Gasteiger partial charge in [0.2, 0.25) is 5.91 Å². The molecule has 3 aromatic rings. The molecular weight excluding hydrogens is 339 g/mol. The van der Waals surface area contributed by atoms with Gasteiger partial charge < -0.3 is 0 Å². The number of thiazole rings is 1. The molecule has 0 saturated heterocycles. The molecule has 0 saturated carbocycles. The van der Waals surface area contributed by atoms with Crippen LogP contribution in [-0.4, -0.2) is 21.7 Å². The van der Waals surface area contributed by atoms with Crippen LogP contribution >= 0.6 is 11.3 Å². The van der Waals surface area contributed by atoms with Crippen LogP contribution in [0.3, 0.4) is 0 Å². The van der Waals surface area contributed by atoms with Gasteiger partial charge in [-0.05, 0) is 37.6 Å². The summed E-state index contributed by atoms with van der Waals surface area (Å²) < 4.78 is 14.9. The number of aryl methyl sites for hydroxylation is 1. The summed E-state index contributed by atoms with van der Waals surface area (Å²) in [5.41, 5.74) is 6.20. The maximum Gasteiger partial charge on any atom is 0.244 e. The normalized spacial score (nSPS) is 11.2. The highest BCUT2D eigenvalue weighted by atomic mass is 32.1. The van der Waals surface area contributed by atoms with Crippen molar-refractivity contribution in [2.75, 3.05) is 0 Å². The van der Waals surface area contributed by atoms with Crippen molar-refractivity contribution >= 4 is 23.5 Å². The number of nitrogens with zero attached hydrogens (tertiary/aromatic N) is 3. The van der Waals surface area contributed by atoms with Gasteiger partial charge >= 0.3 is 0 Å². The third-order valence-electron chi connectivity index (χ3n) is 3.75. The van der Waals surface area contributed by atoms with Crippen LogP contribution in [0.4, 0.5) is 4.39 Å². The van der Waals surface area contributed by atoms with Gasteiger partial charge in [0.25, 0.3) is 0 Å². The van der Waals surface area contributed by atoms with E-state index in [1.807, 2.05) is 29.9 Å². The van der Waals surface area contributed by atoms with Gasteiger partial charge in [0.05, 0.1) is 12.6 Å². The standard InChI is InChI=1S/C18H17FN4OS/c1-12-9-15(13(2)23(12)18-20-7-8-25-18)11-21-22-17(24)10-14-3-5-16(19)6-4-14/h3-9,11H,10H2,1-2H3,(H,22,24)/b21-11-. The first kappa shape index (κ1) is 17.0. The molecule has 2 aromatic heterocycles. The quantitative estimate of drug-likeness (QED) is 0.563. The molecule has 1 N–H and O–H groups in total. The molecule has 0 aliphatic heterocycles. The first-order valence-electron chi connectivity index (χ1n) is 7.70. The van der Waals surface area contributed by atoms with Crippen LogP contribution in [0.1, 0.15) is 22.5 Å². The summed E-state index contributed by atoms with van der Waals surface area (Å²) in [6.45, 7) is 3.98. The van der Waals surface area contributed by atoms with Gasteiger partial charge in [-0.3, -0.25) is 9.36 Å². The molecule has 7 heteroatoms. The highest BCUT2D eigenvalue weighted by molar-refractivity contribution is 7.12. The highest BCUT2D eigenvalue weighted by Gasteiger charge is 2.11. The van der Waals surface area contributed by atoms with E-state index in [2.05, 4.69) is 15.5 Å². The van der Waals surface area contributed by atoms with E-state index in [1.54, 1.807) is 35.9 Å². The van der Waals surface area contributed by atoms with Gasteiger partial charge in [0.15, 0.2) is 5.13 Å². The summed E-state index contributed by atoms with van der Waals surface area (Å²) in [6, 6.07) is 7.83. The van der Waals surface area contributed by atoms with Gasteiger partial charge in [-0.2, -0.15) is 5.10 Å². The van der Waals surface area contributed by atoms with E-state index in [4.69, 9.17) is 0 Å². The third-order valence-corrected chi connectivity index (χ3v) is 4.51. The Morgan fingerprint density at radius 2 is 2.12 bits per heavy atom. The van der Waals surface area contributed by atoms with Gasteiger partial charge in [-0.25, -0.2) is 14.8 Å². The molecule has 128 valence electrons. The zero-order chi connectivity index (χ0) is 17.8. The van der Waals surface area contributed by atoms with E-state index >= 15 is 0 Å². The number of halogens is 1. The molecule has 1 aromatic carbocycles. The van der Waals surface area contributed by atoms with Crippen LogP contribution in [0.15, 0.2) is 47.0 Å². The highest BCUT2D eigenvalue weighted by Crippen LogP contribution is 2.21. The molecule has 0 bridgehead atoms. The van der Waals surface area contributed by atoms with Crippen molar-refractivity contribution in [3.8, 4) is 5.13 Å². The number of benzene rings is 1. The van der Waals surface area contributed by atoms with Crippen LogP contribution < -0.4 is 5.43 Å². The Morgan fingerprint density at radius 3 is 2.80 bits per heavy atom. The lowest BCUT2D eigenvalue weighted by Gasteiger charge is -2.04. The van der Waals surface area contributed by atoms with E-state index < -0.39 is 0 Å². The second-order valence-electron chi connectivity index (χ2n) is 5.57. The molecule has 0 aliphatic rings. The van der Waals surface area contributed by atoms with Gasteiger partial charge in [0.1, 0.15) is 5.82 Å². The van der Waals surface area contributed by atoms with Crippen molar-refractivity contribution in [2.45, 2.75) is 20.3 Å². The summed E-state index contributed by atoms with van der Waals surface area (Å²) in [4.78, 5) is 16.2. The molecule has 5 nitrogen and oxygen atoms in total. The lowest BCUT2D eigenvalue weighted by atomic mass is 10.1. The number of rotatable bonds is 5. The minimum atomic E-state index is -0.322. The summed E-state index contributed by atoms with van der Waals surface area (Å²) in [7, 11) is 0. The van der Waals surface area contributed by atoms with Crippen molar-refractivity contribution in [3.05, 3.63) is 70.2 Å². The molecule has 0 unspecified atom stereocenters. The number of hydrogen-bond donors (Lipinski definition) is 1. The maximum atomic E-state index is 12.9. The Morgan fingerprint density at radius 1 is 1.36 bits per heavy atom. The fraction of sp³-hybridized carbons (Fsp3) is 0.167. The van der Waals surface area contributed by atoms with Crippen molar-refractivity contribution in [2.24, 2.45) is 5.10 Å². The number of carbonyl (C=O) groups is 1. The topological polar surface area (TPSA) is 59.3 Å². The Hall–Kier alpha value is -2.80. The smallest absolute Gasteiger partial charge is 0.244 e. The van der Waals surface area contributed by atoms with Crippen LogP contribution in [0.5, 0.6) is 0 Å². The van der Waals surface area contributed by atoms with Crippen molar-refractivity contribution < 1.29 is 9.18 Å². The van der Waals surface area contributed by atoms with Crippen molar-refractivity contribution in [1.82, 2.24) is 15.0 Å².